The summed E-state index contributed by atoms with van der Waals surface area (Å²) in [6.45, 7) is 6.91. The lowest BCUT2D eigenvalue weighted by molar-refractivity contribution is -0.265. The van der Waals surface area contributed by atoms with Crippen LogP contribution in [0.2, 0.25) is 0 Å². The first-order valence-electron chi connectivity index (χ1n) is 19.2. The van der Waals surface area contributed by atoms with E-state index in [1.807, 2.05) is 6.92 Å². The number of amides is 1. The third kappa shape index (κ3) is 21.3. The van der Waals surface area contributed by atoms with Crippen molar-refractivity contribution in [3.8, 4) is 0 Å². The van der Waals surface area contributed by atoms with Gasteiger partial charge in [0, 0.05) is 27.2 Å². The number of hydrogen-bond donors (Lipinski definition) is 2. The highest BCUT2D eigenvalue weighted by Gasteiger charge is 2.47. The van der Waals surface area contributed by atoms with Gasteiger partial charge in [-0.2, -0.15) is 0 Å². The average molecular weight is 668 g/mol. The second kappa shape index (κ2) is 30.6. The Morgan fingerprint density at radius 3 is 2.04 bits per heavy atom. The summed E-state index contributed by atoms with van der Waals surface area (Å²) in [4.78, 5) is 13.1. The molecule has 1 rings (SSSR count). The average Bonchev–Trinajstić information content (AvgIpc) is 3.07. The zero-order valence-corrected chi connectivity index (χ0v) is 30.9. The predicted octanol–water partition coefficient (Wildman–Crippen LogP) is 8.94. The summed E-state index contributed by atoms with van der Waals surface area (Å²) >= 11 is 0. The van der Waals surface area contributed by atoms with Crippen LogP contribution in [0.3, 0.4) is 0 Å². The zero-order valence-electron chi connectivity index (χ0n) is 30.9. The smallest absolute Gasteiger partial charge is 0.222 e. The van der Waals surface area contributed by atoms with Crippen LogP contribution < -0.4 is 5.32 Å². The summed E-state index contributed by atoms with van der Waals surface area (Å²) in [5.41, 5.74) is 0. The number of unbranched alkanes of at least 4 members (excludes halogenated alkanes) is 15. The third-order valence-electron chi connectivity index (χ3n) is 9.06. The van der Waals surface area contributed by atoms with Gasteiger partial charge in [0.2, 0.25) is 12.2 Å². The second-order valence-electron chi connectivity index (χ2n) is 13.2. The summed E-state index contributed by atoms with van der Waals surface area (Å²) in [6, 6.07) is -0.665. The van der Waals surface area contributed by atoms with Crippen LogP contribution >= 0.6 is 0 Å². The van der Waals surface area contributed by atoms with Gasteiger partial charge in [-0.3, -0.25) is 4.79 Å². The van der Waals surface area contributed by atoms with Crippen LogP contribution in [0.25, 0.3) is 0 Å². The topological polar surface area (TPSA) is 95.5 Å². The lowest BCUT2D eigenvalue weighted by Crippen LogP contribution is -2.65. The number of methoxy groups -OCH3 is 2. The molecule has 0 bridgehead atoms. The Morgan fingerprint density at radius 1 is 0.830 bits per heavy atom. The molecule has 3 unspecified atom stereocenters. The fraction of sp³-hybridized carbons (Fsp3) is 0.872. The molecule has 0 saturated carbocycles. The van der Waals surface area contributed by atoms with E-state index < -0.39 is 30.6 Å². The monoisotopic (exact) mass is 668 g/mol. The molecule has 0 aromatic rings. The maximum absolute atomic E-state index is 13.1. The quantitative estimate of drug-likeness (QED) is 0.0433. The first-order valence-corrected chi connectivity index (χ1v) is 19.2. The molecule has 0 spiro atoms. The van der Waals surface area contributed by atoms with E-state index in [4.69, 9.17) is 23.7 Å². The number of allylic oxidation sites excluding steroid dienone is 3. The minimum absolute atomic E-state index is 0.0815. The molecule has 8 nitrogen and oxygen atoms in total. The van der Waals surface area contributed by atoms with Crippen LogP contribution in [0.5, 0.6) is 0 Å². The number of nitrogens with one attached hydrogen (secondary N) is 1. The molecule has 2 N–H and O–H groups in total. The molecule has 1 saturated heterocycles. The molecule has 1 amide bonds. The Morgan fingerprint density at radius 2 is 1.43 bits per heavy atom. The molecule has 0 aliphatic carbocycles. The highest BCUT2D eigenvalue weighted by molar-refractivity contribution is 5.76. The maximum Gasteiger partial charge on any atom is 0.222 e. The number of rotatable bonds is 31. The predicted molar refractivity (Wildman–Crippen MR) is 192 cm³/mol. The molecule has 1 aliphatic heterocycles. The summed E-state index contributed by atoms with van der Waals surface area (Å²) < 4.78 is 29.3. The summed E-state index contributed by atoms with van der Waals surface area (Å²) in [6.07, 6.45) is 28.9. The standard InChI is InChI=1S/C39H73NO7/c1-6-9-11-13-14-15-16-17-18-19-20-21-22-24-26-28-35(41)40-36-38(37(42)34(32-43-4)47-39(36)46-30-8-3)45-31-29-33(44-5)27-25-23-12-10-7-2/h8,15-16,30,33-34,36-39,42H,6-7,9-14,17-29,31-32H2,1-5H3,(H,40,41)/b16-15-,30-8-/t33?,34?,36-,37-,38?,39+/m1/s1. The van der Waals surface area contributed by atoms with E-state index in [0.29, 0.717) is 19.4 Å². The van der Waals surface area contributed by atoms with E-state index in [0.717, 1.165) is 32.1 Å². The van der Waals surface area contributed by atoms with Crippen LogP contribution in [0.1, 0.15) is 156 Å². The van der Waals surface area contributed by atoms with Crippen molar-refractivity contribution in [3.05, 3.63) is 24.5 Å². The van der Waals surface area contributed by atoms with Crippen molar-refractivity contribution in [2.24, 2.45) is 0 Å². The molecule has 1 fully saturated rings. The van der Waals surface area contributed by atoms with Gasteiger partial charge in [-0.1, -0.05) is 116 Å². The van der Waals surface area contributed by atoms with E-state index in [-0.39, 0.29) is 18.6 Å². The van der Waals surface area contributed by atoms with Gasteiger partial charge in [-0.15, -0.1) is 0 Å². The summed E-state index contributed by atoms with van der Waals surface area (Å²) in [7, 11) is 3.31. The van der Waals surface area contributed by atoms with Crippen molar-refractivity contribution in [3.63, 3.8) is 0 Å². The molecule has 276 valence electrons. The SMILES string of the molecule is C/C=C\O[C@H]1OC(COC)[C@@H](O)C(OCCC(CCCCCCC)OC)[C@H]1NC(=O)CCCCCCCCC/C=C\CCCCCC. The third-order valence-corrected chi connectivity index (χ3v) is 9.06. The number of carbonyl (C=O) groups is 1. The van der Waals surface area contributed by atoms with E-state index in [9.17, 15) is 9.90 Å². The van der Waals surface area contributed by atoms with Gasteiger partial charge in [0.05, 0.1) is 19.0 Å². The van der Waals surface area contributed by atoms with E-state index in [1.165, 1.54) is 89.9 Å². The Balaban J connectivity index is 2.53. The second-order valence-corrected chi connectivity index (χ2v) is 13.2. The van der Waals surface area contributed by atoms with Crippen LogP contribution in [0.15, 0.2) is 24.5 Å². The van der Waals surface area contributed by atoms with E-state index in [2.05, 4.69) is 31.3 Å². The molecule has 0 aromatic carbocycles. The van der Waals surface area contributed by atoms with Crippen LogP contribution in [0.4, 0.5) is 0 Å². The van der Waals surface area contributed by atoms with Crippen molar-refractivity contribution >= 4 is 5.91 Å². The van der Waals surface area contributed by atoms with E-state index in [1.54, 1.807) is 26.6 Å². The normalized spacial score (nSPS) is 22.3. The molecule has 1 heterocycles. The largest absolute Gasteiger partial charge is 0.471 e. The van der Waals surface area contributed by atoms with Crippen LogP contribution in [-0.2, 0) is 28.5 Å². The number of hydrogen-bond acceptors (Lipinski definition) is 7. The molecule has 0 radical (unpaired) electrons. The maximum atomic E-state index is 13.1. The van der Waals surface area contributed by atoms with Crippen molar-refractivity contribution in [1.82, 2.24) is 5.32 Å². The lowest BCUT2D eigenvalue weighted by atomic mass is 9.96. The van der Waals surface area contributed by atoms with E-state index >= 15 is 0 Å². The molecular weight excluding hydrogens is 594 g/mol. The van der Waals surface area contributed by atoms with Gasteiger partial charge in [-0.25, -0.2) is 0 Å². The highest BCUT2D eigenvalue weighted by Crippen LogP contribution is 2.26. The van der Waals surface area contributed by atoms with Crippen molar-refractivity contribution < 1.29 is 33.6 Å². The molecule has 1 aliphatic rings. The van der Waals surface area contributed by atoms with Crippen molar-refractivity contribution in [2.45, 2.75) is 192 Å². The first-order chi connectivity index (χ1) is 23.0. The fourth-order valence-corrected chi connectivity index (χ4v) is 6.15. The first kappa shape index (κ1) is 43.6. The molecule has 6 atom stereocenters. The number of carbonyl (C=O) groups excluding carboxylic acids is 1. The summed E-state index contributed by atoms with van der Waals surface area (Å²) in [5.74, 6) is -0.0815. The minimum atomic E-state index is -0.984. The van der Waals surface area contributed by atoms with Gasteiger partial charge in [0.15, 0.2) is 0 Å². The Hall–Kier alpha value is -1.45. The number of aliphatic hydroxyl groups is 1. The van der Waals surface area contributed by atoms with Crippen LogP contribution in [-0.4, -0.2) is 75.2 Å². The zero-order chi connectivity index (χ0) is 34.4. The Kier molecular flexibility index (Phi) is 28.4. The van der Waals surface area contributed by atoms with Gasteiger partial charge < -0.3 is 34.1 Å². The Labute approximate surface area is 288 Å². The van der Waals surface area contributed by atoms with Crippen molar-refractivity contribution in [1.29, 1.82) is 0 Å². The molecule has 0 aromatic heterocycles. The number of aliphatic hydroxyl groups excluding tert-OH is 1. The van der Waals surface area contributed by atoms with Gasteiger partial charge >= 0.3 is 0 Å². The lowest BCUT2D eigenvalue weighted by Gasteiger charge is -2.44. The number of ether oxygens (including phenoxy) is 5. The van der Waals surface area contributed by atoms with Gasteiger partial charge in [0.25, 0.3) is 0 Å². The van der Waals surface area contributed by atoms with Gasteiger partial charge in [0.1, 0.15) is 24.4 Å². The Bertz CT molecular complexity index is 776. The van der Waals surface area contributed by atoms with Crippen molar-refractivity contribution in [2.75, 3.05) is 27.4 Å². The summed E-state index contributed by atoms with van der Waals surface area (Å²) in [5, 5.41) is 14.3. The molecule has 8 heteroatoms. The molecule has 47 heavy (non-hydrogen) atoms. The minimum Gasteiger partial charge on any atom is -0.471 e. The van der Waals surface area contributed by atoms with Crippen LogP contribution in [0, 0.1) is 0 Å². The van der Waals surface area contributed by atoms with Gasteiger partial charge in [-0.05, 0) is 51.9 Å². The highest BCUT2D eigenvalue weighted by atomic mass is 16.7. The fourth-order valence-electron chi connectivity index (χ4n) is 6.15. The molecular formula is C39H73NO7.